The van der Waals surface area contributed by atoms with E-state index in [1.54, 1.807) is 42.5 Å². The molecule has 1 aromatic heterocycles. The molecule has 1 aliphatic rings. The van der Waals surface area contributed by atoms with Crippen molar-refractivity contribution in [1.82, 2.24) is 5.32 Å². The summed E-state index contributed by atoms with van der Waals surface area (Å²) in [4.78, 5) is 24.4. The van der Waals surface area contributed by atoms with E-state index in [0.29, 0.717) is 18.5 Å². The van der Waals surface area contributed by atoms with Crippen molar-refractivity contribution in [1.29, 1.82) is 0 Å². The summed E-state index contributed by atoms with van der Waals surface area (Å²) in [6.07, 6.45) is 1.25. The Morgan fingerprint density at radius 2 is 1.63 bits per heavy atom. The molecule has 3 aromatic rings. The lowest BCUT2D eigenvalue weighted by Crippen LogP contribution is -2.51. The fourth-order valence-electron chi connectivity index (χ4n) is 4.94. The number of benzene rings is 2. The lowest BCUT2D eigenvalue weighted by Gasteiger charge is -2.35. The molecule has 8 heteroatoms. The smallest absolute Gasteiger partial charge is 0.262 e. The van der Waals surface area contributed by atoms with Gasteiger partial charge in [-0.2, -0.15) is 4.57 Å². The first-order valence-corrected chi connectivity index (χ1v) is 13.1. The van der Waals surface area contributed by atoms with Crippen LogP contribution in [0.15, 0.2) is 65.6 Å². The quantitative estimate of drug-likeness (QED) is 0.404. The molecule has 182 valence electrons. The number of hydrogen-bond acceptors (Lipinski definition) is 4. The van der Waals surface area contributed by atoms with Gasteiger partial charge in [-0.3, -0.25) is 19.6 Å². The minimum atomic E-state index is -3.84. The third-order valence-electron chi connectivity index (χ3n) is 6.72. The summed E-state index contributed by atoms with van der Waals surface area (Å²) < 4.78 is 31.0. The molecule has 1 unspecified atom stereocenters. The summed E-state index contributed by atoms with van der Waals surface area (Å²) in [5.74, 6) is -0.569. The van der Waals surface area contributed by atoms with Gasteiger partial charge in [0.2, 0.25) is 17.5 Å². The average Bonchev–Trinajstić information content (AvgIpc) is 2.80. The molecule has 1 saturated heterocycles. The van der Waals surface area contributed by atoms with E-state index in [1.165, 1.54) is 0 Å². The van der Waals surface area contributed by atoms with E-state index < -0.39 is 15.4 Å². The first-order valence-electron chi connectivity index (χ1n) is 11.6. The second kappa shape index (κ2) is 9.26. The molecule has 2 N–H and O–H groups in total. The van der Waals surface area contributed by atoms with Crippen molar-refractivity contribution in [2.75, 3.05) is 4.72 Å². The maximum Gasteiger partial charge on any atom is 0.262 e. The van der Waals surface area contributed by atoms with E-state index in [1.807, 2.05) is 38.3 Å². The van der Waals surface area contributed by atoms with Gasteiger partial charge in [0.15, 0.2) is 11.4 Å². The van der Waals surface area contributed by atoms with Crippen molar-refractivity contribution in [3.05, 3.63) is 83.2 Å². The van der Waals surface area contributed by atoms with Crippen LogP contribution in [0.1, 0.15) is 48.7 Å². The van der Waals surface area contributed by atoms with Gasteiger partial charge in [0.25, 0.3) is 10.0 Å². The maximum atomic E-state index is 13.2. The van der Waals surface area contributed by atoms with E-state index in [4.69, 9.17) is 0 Å². The number of nitrogens with zero attached hydrogens (tertiary/aromatic N) is 1. The van der Waals surface area contributed by atoms with Crippen molar-refractivity contribution in [2.24, 2.45) is 0 Å². The Morgan fingerprint density at radius 3 is 2.23 bits per heavy atom. The van der Waals surface area contributed by atoms with Gasteiger partial charge in [-0.05, 0) is 49.1 Å². The predicted octanol–water partition coefficient (Wildman–Crippen LogP) is 3.77. The van der Waals surface area contributed by atoms with E-state index in [9.17, 15) is 18.0 Å². The normalized spacial score (nSPS) is 18.3. The van der Waals surface area contributed by atoms with Gasteiger partial charge in [0, 0.05) is 50.2 Å². The van der Waals surface area contributed by atoms with Gasteiger partial charge in [0.1, 0.15) is 0 Å². The molecule has 2 heterocycles. The van der Waals surface area contributed by atoms with Crippen LogP contribution in [0.4, 0.5) is 5.69 Å². The van der Waals surface area contributed by atoms with Gasteiger partial charge >= 0.3 is 0 Å². The summed E-state index contributed by atoms with van der Waals surface area (Å²) in [5, 5.41) is 2.43. The molecule has 0 saturated carbocycles. The van der Waals surface area contributed by atoms with Crippen LogP contribution in [0.25, 0.3) is 5.69 Å². The number of carbonyl (C=O) groups excluding carboxylic acids is 2. The van der Waals surface area contributed by atoms with E-state index in [-0.39, 0.29) is 23.1 Å². The molecule has 0 bridgehead atoms. The van der Waals surface area contributed by atoms with Gasteiger partial charge < -0.3 is 0 Å². The molecule has 0 radical (unpaired) electrons. The Bertz CT molecular complexity index is 1390. The van der Waals surface area contributed by atoms with E-state index >= 15 is 0 Å². The molecule has 1 atom stereocenters. The zero-order chi connectivity index (χ0) is 25.4. The lowest BCUT2D eigenvalue weighted by molar-refractivity contribution is -0.609. The van der Waals surface area contributed by atoms with Crippen molar-refractivity contribution < 1.29 is 22.6 Å². The van der Waals surface area contributed by atoms with Crippen LogP contribution in [-0.4, -0.2) is 20.2 Å². The van der Waals surface area contributed by atoms with Crippen LogP contribution in [0.2, 0.25) is 0 Å². The second-order valence-electron chi connectivity index (χ2n) is 9.14. The van der Waals surface area contributed by atoms with Gasteiger partial charge in [-0.25, -0.2) is 8.42 Å². The van der Waals surface area contributed by atoms with Gasteiger partial charge in [-0.15, -0.1) is 0 Å². The van der Waals surface area contributed by atoms with Crippen LogP contribution in [0.3, 0.4) is 0 Å². The topological polar surface area (TPSA) is 96.2 Å². The molecule has 0 aliphatic carbocycles. The number of aromatic nitrogens is 1. The number of pyridine rings is 1. The minimum Gasteiger partial charge on any atom is -0.296 e. The number of nitrogens with one attached hydrogen (secondary N) is 2. The number of sulfonamides is 1. The molecule has 4 rings (SSSR count). The molecule has 2 aromatic carbocycles. The lowest BCUT2D eigenvalue weighted by atomic mass is 9.72. The van der Waals surface area contributed by atoms with Crippen molar-refractivity contribution in [2.45, 2.75) is 57.3 Å². The largest absolute Gasteiger partial charge is 0.296 e. The number of hydrogen-bond donors (Lipinski definition) is 2. The number of imide groups is 1. The molecular weight excluding hydrogens is 462 g/mol. The zero-order valence-electron chi connectivity index (χ0n) is 20.4. The molecule has 35 heavy (non-hydrogen) atoms. The highest BCUT2D eigenvalue weighted by Crippen LogP contribution is 2.36. The fraction of sp³-hybridized carbons (Fsp3) is 0.296. The fourth-order valence-corrected chi connectivity index (χ4v) is 6.04. The highest BCUT2D eigenvalue weighted by Gasteiger charge is 2.42. The van der Waals surface area contributed by atoms with Crippen LogP contribution in [0, 0.1) is 20.8 Å². The number of anilines is 1. The van der Waals surface area contributed by atoms with Crippen LogP contribution >= 0.6 is 0 Å². The van der Waals surface area contributed by atoms with Gasteiger partial charge in [0.05, 0.1) is 10.3 Å². The number of amides is 2. The minimum absolute atomic E-state index is 0.154. The standard InChI is InChI=1S/C27H29N3O4S/c1-5-27(14-13-25(31)28-26(27)32)21-9-11-22(12-10-21)29-35(33,34)24-8-6-7-23(17-24)30-19(3)15-18(2)16-20(30)4/h6-12,15-17,29H,5,13-14H2,1-4H3/p+1. The highest BCUT2D eigenvalue weighted by atomic mass is 32.2. The number of carbonyl (C=O) groups is 2. The monoisotopic (exact) mass is 492 g/mol. The first kappa shape index (κ1) is 24.6. The Labute approximate surface area is 206 Å². The maximum absolute atomic E-state index is 13.2. The van der Waals surface area contributed by atoms with E-state index in [0.717, 1.165) is 28.2 Å². The Morgan fingerprint density at radius 1 is 0.971 bits per heavy atom. The average molecular weight is 493 g/mol. The Balaban J connectivity index is 1.60. The number of piperidine rings is 1. The molecule has 7 nitrogen and oxygen atoms in total. The predicted molar refractivity (Wildman–Crippen MR) is 134 cm³/mol. The van der Waals surface area contributed by atoms with Crippen molar-refractivity contribution >= 4 is 27.5 Å². The molecular formula is C27H30N3O4S+. The van der Waals surface area contributed by atoms with E-state index in [2.05, 4.69) is 22.2 Å². The van der Waals surface area contributed by atoms with Crippen LogP contribution < -0.4 is 14.6 Å². The highest BCUT2D eigenvalue weighted by molar-refractivity contribution is 7.92. The summed E-state index contributed by atoms with van der Waals surface area (Å²) in [7, 11) is -3.84. The summed E-state index contributed by atoms with van der Waals surface area (Å²) in [5.41, 5.74) is 4.30. The summed E-state index contributed by atoms with van der Waals surface area (Å²) in [6.45, 7) is 7.93. The van der Waals surface area contributed by atoms with Crippen molar-refractivity contribution in [3.63, 3.8) is 0 Å². The molecule has 0 spiro atoms. The second-order valence-corrected chi connectivity index (χ2v) is 10.8. The van der Waals surface area contributed by atoms with Crippen molar-refractivity contribution in [3.8, 4) is 5.69 Å². The van der Waals surface area contributed by atoms with Crippen LogP contribution in [-0.2, 0) is 25.0 Å². The van der Waals surface area contributed by atoms with Gasteiger partial charge in [-0.1, -0.05) is 25.1 Å². The number of aryl methyl sites for hydroxylation is 3. The third kappa shape index (κ3) is 4.71. The summed E-state index contributed by atoms with van der Waals surface area (Å²) in [6, 6.07) is 17.8. The third-order valence-corrected chi connectivity index (χ3v) is 8.10. The summed E-state index contributed by atoms with van der Waals surface area (Å²) >= 11 is 0. The Hall–Kier alpha value is -3.52. The SMILES string of the molecule is CCC1(c2ccc(NS(=O)(=O)c3cccc(-[n+]4c(C)cc(C)cc4C)c3)cc2)CCC(=O)NC1=O. The van der Waals surface area contributed by atoms with Crippen LogP contribution in [0.5, 0.6) is 0 Å². The zero-order valence-corrected chi connectivity index (χ0v) is 21.2. The molecule has 1 fully saturated rings. The molecule has 2 amide bonds. The number of rotatable bonds is 6. The molecule has 1 aliphatic heterocycles. The first-order chi connectivity index (χ1) is 16.6. The Kier molecular flexibility index (Phi) is 6.51.